The predicted octanol–water partition coefficient (Wildman–Crippen LogP) is 1.04. The van der Waals surface area contributed by atoms with E-state index in [9.17, 15) is 0 Å². The van der Waals surface area contributed by atoms with Crippen molar-refractivity contribution in [3.05, 3.63) is 36.0 Å². The number of fused-ring (bicyclic) bond motifs is 1. The Hall–Kier alpha value is -2.08. The molecule has 1 aromatic carbocycles. The Morgan fingerprint density at radius 2 is 2.06 bits per heavy atom. The number of hydrogen-bond acceptors (Lipinski definition) is 6. The van der Waals surface area contributed by atoms with Crippen molar-refractivity contribution in [2.45, 2.75) is 12.6 Å². The minimum absolute atomic E-state index is 0.219. The molecule has 0 bridgehead atoms. The molecule has 0 amide bonds. The zero-order valence-corrected chi connectivity index (χ0v) is 9.00. The second-order valence-electron chi connectivity index (χ2n) is 3.60. The lowest BCUT2D eigenvalue weighted by Gasteiger charge is -2.23. The summed E-state index contributed by atoms with van der Waals surface area (Å²) in [4.78, 5) is 0. The molecule has 6 heteroatoms. The van der Waals surface area contributed by atoms with Crippen molar-refractivity contribution >= 4 is 0 Å². The van der Waals surface area contributed by atoms with Gasteiger partial charge in [0.1, 0.15) is 6.61 Å². The van der Waals surface area contributed by atoms with Crippen LogP contribution in [0.1, 0.15) is 17.9 Å². The first-order chi connectivity index (χ1) is 8.36. The number of aromatic nitrogens is 2. The van der Waals surface area contributed by atoms with Gasteiger partial charge in [-0.1, -0.05) is 12.1 Å². The Morgan fingerprint density at radius 3 is 2.82 bits per heavy atom. The summed E-state index contributed by atoms with van der Waals surface area (Å²) in [5.74, 6) is 2.18. The molecule has 0 spiro atoms. The van der Waals surface area contributed by atoms with E-state index in [-0.39, 0.29) is 12.6 Å². The molecule has 88 valence electrons. The van der Waals surface area contributed by atoms with Crippen LogP contribution in [0, 0.1) is 0 Å². The van der Waals surface area contributed by atoms with Crippen LogP contribution < -0.4 is 15.2 Å². The number of hydrogen-bond donors (Lipinski definition) is 1. The molecule has 2 heterocycles. The van der Waals surface area contributed by atoms with Gasteiger partial charge in [0.25, 0.3) is 5.89 Å². The Bertz CT molecular complexity index is 526. The van der Waals surface area contributed by atoms with Crippen LogP contribution >= 0.6 is 0 Å². The maximum atomic E-state index is 5.71. The van der Waals surface area contributed by atoms with Crippen molar-refractivity contribution in [3.8, 4) is 11.5 Å². The molecule has 0 fully saturated rings. The van der Waals surface area contributed by atoms with Crippen molar-refractivity contribution in [2.24, 2.45) is 5.73 Å². The fourth-order valence-electron chi connectivity index (χ4n) is 1.62. The molecule has 2 N–H and O–H groups in total. The number of rotatable bonds is 2. The molecule has 6 nitrogen and oxygen atoms in total. The van der Waals surface area contributed by atoms with Gasteiger partial charge in [0.15, 0.2) is 11.5 Å². The van der Waals surface area contributed by atoms with Gasteiger partial charge in [-0.2, -0.15) is 0 Å². The van der Waals surface area contributed by atoms with Crippen LogP contribution in [0.5, 0.6) is 11.5 Å². The SMILES string of the molecule is NCc1nnc(C2COc3ccccc3O2)o1. The van der Waals surface area contributed by atoms with Crippen LogP contribution in [0.4, 0.5) is 0 Å². The van der Waals surface area contributed by atoms with E-state index in [0.29, 0.717) is 24.1 Å². The normalized spacial score (nSPS) is 18.1. The molecule has 0 saturated carbocycles. The van der Waals surface area contributed by atoms with Gasteiger partial charge < -0.3 is 19.6 Å². The molecule has 0 saturated heterocycles. The van der Waals surface area contributed by atoms with Crippen LogP contribution in [-0.2, 0) is 6.54 Å². The zero-order chi connectivity index (χ0) is 11.7. The van der Waals surface area contributed by atoms with E-state index < -0.39 is 0 Å². The Balaban J connectivity index is 1.84. The van der Waals surface area contributed by atoms with Gasteiger partial charge in [0.2, 0.25) is 12.0 Å². The maximum Gasteiger partial charge on any atom is 0.260 e. The summed E-state index contributed by atoms with van der Waals surface area (Å²) in [6, 6.07) is 7.46. The van der Waals surface area contributed by atoms with Crippen LogP contribution in [0.15, 0.2) is 28.7 Å². The Morgan fingerprint density at radius 1 is 1.24 bits per heavy atom. The molecule has 2 aromatic rings. The number of para-hydroxylation sites is 2. The van der Waals surface area contributed by atoms with Crippen LogP contribution in [0.3, 0.4) is 0 Å². The third-order valence-corrected chi connectivity index (χ3v) is 2.44. The van der Waals surface area contributed by atoms with Crippen molar-refractivity contribution in [1.82, 2.24) is 10.2 Å². The Labute approximate surface area is 97.3 Å². The highest BCUT2D eigenvalue weighted by molar-refractivity contribution is 5.40. The Kier molecular flexibility index (Phi) is 2.41. The fourth-order valence-corrected chi connectivity index (χ4v) is 1.62. The molecule has 1 unspecified atom stereocenters. The van der Waals surface area contributed by atoms with Crippen molar-refractivity contribution in [2.75, 3.05) is 6.61 Å². The number of benzene rings is 1. The molecule has 1 atom stereocenters. The topological polar surface area (TPSA) is 83.4 Å². The highest BCUT2D eigenvalue weighted by atomic mass is 16.6. The lowest BCUT2D eigenvalue weighted by Crippen LogP contribution is -2.21. The first-order valence-electron chi connectivity index (χ1n) is 5.27. The van der Waals surface area contributed by atoms with Crippen molar-refractivity contribution < 1.29 is 13.9 Å². The fraction of sp³-hybridized carbons (Fsp3) is 0.273. The van der Waals surface area contributed by atoms with E-state index in [1.165, 1.54) is 0 Å². The average molecular weight is 233 g/mol. The van der Waals surface area contributed by atoms with Gasteiger partial charge in [-0.15, -0.1) is 10.2 Å². The van der Waals surface area contributed by atoms with Gasteiger partial charge in [-0.05, 0) is 12.1 Å². The summed E-state index contributed by atoms with van der Waals surface area (Å²) in [5.41, 5.74) is 5.40. The standard InChI is InChI=1S/C11H11N3O3/c12-5-10-13-14-11(17-10)9-6-15-7-3-1-2-4-8(7)16-9/h1-4,9H,5-6,12H2. The van der Waals surface area contributed by atoms with Gasteiger partial charge in [-0.25, -0.2) is 0 Å². The molecular formula is C11H11N3O3. The molecule has 1 aliphatic heterocycles. The van der Waals surface area contributed by atoms with E-state index in [0.717, 1.165) is 5.75 Å². The van der Waals surface area contributed by atoms with Crippen LogP contribution in [0.2, 0.25) is 0 Å². The average Bonchev–Trinajstić information content (AvgIpc) is 2.87. The van der Waals surface area contributed by atoms with Gasteiger partial charge in [0, 0.05) is 0 Å². The van der Waals surface area contributed by atoms with Crippen molar-refractivity contribution in [3.63, 3.8) is 0 Å². The van der Waals surface area contributed by atoms with E-state index in [2.05, 4.69) is 10.2 Å². The first-order valence-corrected chi connectivity index (χ1v) is 5.27. The van der Waals surface area contributed by atoms with E-state index in [1.54, 1.807) is 0 Å². The van der Waals surface area contributed by atoms with Gasteiger partial charge >= 0.3 is 0 Å². The highest BCUT2D eigenvalue weighted by Gasteiger charge is 2.26. The van der Waals surface area contributed by atoms with E-state index in [4.69, 9.17) is 19.6 Å². The minimum atomic E-state index is -0.377. The monoisotopic (exact) mass is 233 g/mol. The summed E-state index contributed by atoms with van der Waals surface area (Å²) in [5, 5.41) is 7.67. The van der Waals surface area contributed by atoms with Crippen LogP contribution in [0.25, 0.3) is 0 Å². The predicted molar refractivity (Wildman–Crippen MR) is 57.5 cm³/mol. The lowest BCUT2D eigenvalue weighted by molar-refractivity contribution is 0.0704. The molecule has 1 aromatic heterocycles. The quantitative estimate of drug-likeness (QED) is 0.834. The molecular weight excluding hydrogens is 222 g/mol. The summed E-state index contributed by atoms with van der Waals surface area (Å²) in [6.45, 7) is 0.570. The number of ether oxygens (including phenoxy) is 2. The summed E-state index contributed by atoms with van der Waals surface area (Å²) < 4.78 is 16.6. The molecule has 17 heavy (non-hydrogen) atoms. The van der Waals surface area contributed by atoms with E-state index >= 15 is 0 Å². The highest BCUT2D eigenvalue weighted by Crippen LogP contribution is 2.35. The number of nitrogens with two attached hydrogens (primary N) is 1. The molecule has 3 rings (SSSR count). The van der Waals surface area contributed by atoms with Gasteiger partial charge in [-0.3, -0.25) is 0 Å². The lowest BCUT2D eigenvalue weighted by atomic mass is 10.2. The zero-order valence-electron chi connectivity index (χ0n) is 9.00. The minimum Gasteiger partial charge on any atom is -0.485 e. The third-order valence-electron chi connectivity index (χ3n) is 2.44. The van der Waals surface area contributed by atoms with Crippen LogP contribution in [-0.4, -0.2) is 16.8 Å². The third kappa shape index (κ3) is 1.83. The number of nitrogens with zero attached hydrogens (tertiary/aromatic N) is 2. The summed E-state index contributed by atoms with van der Waals surface area (Å²) in [7, 11) is 0. The second kappa shape index (κ2) is 4.06. The summed E-state index contributed by atoms with van der Waals surface area (Å²) >= 11 is 0. The first kappa shape index (κ1) is 10.1. The summed E-state index contributed by atoms with van der Waals surface area (Å²) in [6.07, 6.45) is -0.377. The second-order valence-corrected chi connectivity index (χ2v) is 3.60. The smallest absolute Gasteiger partial charge is 0.260 e. The molecule has 1 aliphatic rings. The molecule has 0 aliphatic carbocycles. The van der Waals surface area contributed by atoms with E-state index in [1.807, 2.05) is 24.3 Å². The maximum absolute atomic E-state index is 5.71. The van der Waals surface area contributed by atoms with Crippen molar-refractivity contribution in [1.29, 1.82) is 0 Å². The van der Waals surface area contributed by atoms with Gasteiger partial charge in [0.05, 0.1) is 6.54 Å². The largest absolute Gasteiger partial charge is 0.485 e. The molecule has 0 radical (unpaired) electrons.